The minimum Gasteiger partial charge on any atom is -0.534 e. The molecule has 0 aliphatic carbocycles. The van der Waals surface area contributed by atoms with Gasteiger partial charge in [-0.15, -0.1) is 0 Å². The van der Waals surface area contributed by atoms with Crippen molar-refractivity contribution in [2.24, 2.45) is 5.41 Å². The van der Waals surface area contributed by atoms with E-state index in [-0.39, 0.29) is 22.7 Å². The number of nitrogens with zero attached hydrogens (tertiary/aromatic N) is 2. The summed E-state index contributed by atoms with van der Waals surface area (Å²) < 4.78 is 44.1. The second kappa shape index (κ2) is 29.6. The number of fused-ring (bicyclic) bond motifs is 2. The van der Waals surface area contributed by atoms with Crippen LogP contribution in [0.2, 0.25) is 5.04 Å². The molecule has 8 aromatic carbocycles. The van der Waals surface area contributed by atoms with Gasteiger partial charge in [0, 0.05) is 54.4 Å². The van der Waals surface area contributed by atoms with Crippen molar-refractivity contribution in [1.29, 1.82) is 0 Å². The lowest BCUT2D eigenvalue weighted by Gasteiger charge is -2.43. The Morgan fingerprint density at radius 3 is 1.29 bits per heavy atom. The van der Waals surface area contributed by atoms with Crippen molar-refractivity contribution in [1.82, 2.24) is 9.80 Å². The second-order valence-corrected chi connectivity index (χ2v) is 31.3. The lowest BCUT2D eigenvalue weighted by Crippen LogP contribution is -2.68. The first-order valence-electron chi connectivity index (χ1n) is 33.4. The molecule has 0 radical (unpaired) electrons. The second-order valence-electron chi connectivity index (χ2n) is 27.1. The van der Waals surface area contributed by atoms with Crippen LogP contribution in [0.5, 0.6) is 46.0 Å². The summed E-state index contributed by atoms with van der Waals surface area (Å²) in [5.74, 6) is 4.30. The first-order valence-corrected chi connectivity index (χ1v) is 35.3. The van der Waals surface area contributed by atoms with Gasteiger partial charge >= 0.3 is 20.3 Å². The van der Waals surface area contributed by atoms with E-state index >= 15 is 0 Å². The molecule has 488 valence electrons. The number of esters is 2. The molecule has 4 aliphatic rings. The van der Waals surface area contributed by atoms with Crippen molar-refractivity contribution < 1.29 is 47.5 Å². The average molecular weight is 1280 g/mol. The van der Waals surface area contributed by atoms with Crippen LogP contribution in [0.25, 0.3) is 22.3 Å². The van der Waals surface area contributed by atoms with E-state index in [4.69, 9.17) is 32.8 Å². The average Bonchev–Trinajstić information content (AvgIpc) is 0.759. The third-order valence-electron chi connectivity index (χ3n) is 18.3. The van der Waals surface area contributed by atoms with Crippen LogP contribution in [-0.2, 0) is 9.59 Å². The van der Waals surface area contributed by atoms with Crippen molar-refractivity contribution in [2.45, 2.75) is 118 Å². The van der Waals surface area contributed by atoms with Crippen molar-refractivity contribution in [2.75, 3.05) is 52.5 Å². The van der Waals surface area contributed by atoms with Gasteiger partial charge in [0.2, 0.25) is 0 Å². The lowest BCUT2D eigenvalue weighted by atomic mass is 9.86. The molecule has 13 heteroatoms. The molecule has 2 unspecified atom stereocenters. The fraction of sp³-hybridized carbons (Fsp3) is 0.333. The topological polar surface area (TPSA) is 125 Å². The number of hydrogen-bond donors (Lipinski definition) is 1. The zero-order chi connectivity index (χ0) is 66.0. The zero-order valence-corrected chi connectivity index (χ0v) is 57.0. The molecule has 0 bridgehead atoms. The Hall–Kier alpha value is -8.88. The van der Waals surface area contributed by atoms with Gasteiger partial charge in [-0.2, -0.15) is 0 Å². The molecule has 4 heterocycles. The number of carbonyl (C=O) groups excluding carboxylic acids is 2. The van der Waals surface area contributed by atoms with Crippen LogP contribution in [-0.4, -0.2) is 87.6 Å². The summed E-state index contributed by atoms with van der Waals surface area (Å²) in [6.45, 7) is 25.8. The number of hydrogen-bond acceptors (Lipinski definition) is 12. The van der Waals surface area contributed by atoms with Crippen LogP contribution in [0.3, 0.4) is 0 Å². The maximum atomic E-state index is 12.5. The molecule has 2 atom stereocenters. The van der Waals surface area contributed by atoms with E-state index in [9.17, 15) is 14.7 Å². The molecule has 4 aliphatic heterocycles. The van der Waals surface area contributed by atoms with Crippen molar-refractivity contribution in [3.8, 4) is 46.0 Å². The predicted molar refractivity (Wildman–Crippen MR) is 378 cm³/mol. The highest BCUT2D eigenvalue weighted by atomic mass is 28.4. The smallest absolute Gasteiger partial charge is 0.319 e. The molecule has 8 aromatic rings. The maximum Gasteiger partial charge on any atom is 0.319 e. The lowest BCUT2D eigenvalue weighted by molar-refractivity contribution is -0.143. The van der Waals surface area contributed by atoms with Gasteiger partial charge < -0.3 is 38.0 Å². The van der Waals surface area contributed by atoms with Gasteiger partial charge in [0.25, 0.3) is 0 Å². The summed E-state index contributed by atoms with van der Waals surface area (Å²) in [5.41, 5.74) is 9.53. The Morgan fingerprint density at radius 1 is 0.489 bits per heavy atom. The predicted octanol–water partition coefficient (Wildman–Crippen LogP) is 16.8. The highest BCUT2D eigenvalue weighted by Gasteiger charge is 2.52. The van der Waals surface area contributed by atoms with Gasteiger partial charge in [-0.3, -0.25) is 19.4 Å². The van der Waals surface area contributed by atoms with E-state index in [0.717, 1.165) is 112 Å². The number of allylic oxidation sites excluding steroid dienone is 2. The van der Waals surface area contributed by atoms with E-state index in [1.165, 1.54) is 55.8 Å². The maximum absolute atomic E-state index is 12.5. The summed E-state index contributed by atoms with van der Waals surface area (Å²) in [4.78, 5) is 29.3. The molecule has 0 aromatic heterocycles. The quantitative estimate of drug-likeness (QED) is 0.0499. The molecule has 94 heavy (non-hydrogen) atoms. The molecule has 1 N–H and O–H groups in total. The van der Waals surface area contributed by atoms with E-state index in [2.05, 4.69) is 141 Å². The summed E-state index contributed by atoms with van der Waals surface area (Å²) in [7, 11) is -2.80. The molecule has 2 saturated heterocycles. The van der Waals surface area contributed by atoms with Crippen molar-refractivity contribution in [3.63, 3.8) is 0 Å². The number of benzene rings is 8. The number of piperidine rings is 2. The van der Waals surface area contributed by atoms with Crippen molar-refractivity contribution >= 4 is 52.9 Å². The number of likely N-dealkylation sites (tertiary alicyclic amines) is 2. The molecule has 12 nitrogen and oxygen atoms in total. The zero-order valence-electron chi connectivity index (χ0n) is 56.0. The molecule has 0 spiro atoms. The first kappa shape index (κ1) is 66.6. The Labute approximate surface area is 556 Å². The highest BCUT2D eigenvalue weighted by molar-refractivity contribution is 7.00. The van der Waals surface area contributed by atoms with Crippen LogP contribution in [0.4, 0.5) is 0 Å². The number of phenolic OH excluding ortho intramolecular Hbond substituents is 1. The third kappa shape index (κ3) is 15.7. The van der Waals surface area contributed by atoms with Crippen LogP contribution in [0, 0.1) is 5.41 Å². The molecular weight excluding hydrogens is 1190 g/mol. The van der Waals surface area contributed by atoms with Gasteiger partial charge in [-0.05, 0) is 208 Å². The largest absolute Gasteiger partial charge is 0.534 e. The fourth-order valence-corrected chi connectivity index (χ4v) is 17.7. The van der Waals surface area contributed by atoms with E-state index in [0.29, 0.717) is 36.2 Å². The monoisotopic (exact) mass is 1280 g/mol. The number of ether oxygens (including phenoxy) is 6. The Kier molecular flexibility index (Phi) is 21.0. The highest BCUT2D eigenvalue weighted by Crippen LogP contribution is 2.50. The number of aromatic hydroxyl groups is 1. The van der Waals surface area contributed by atoms with Crippen LogP contribution >= 0.6 is 0 Å². The number of rotatable bonds is 18. The Morgan fingerprint density at radius 2 is 0.883 bits per heavy atom. The summed E-state index contributed by atoms with van der Waals surface area (Å²) in [5, 5.41) is 12.2. The fourth-order valence-electron chi connectivity index (χ4n) is 13.2. The van der Waals surface area contributed by atoms with Gasteiger partial charge in [0.15, 0.2) is 0 Å². The molecule has 0 amide bonds. The summed E-state index contributed by atoms with van der Waals surface area (Å²) >= 11 is 0. The summed E-state index contributed by atoms with van der Waals surface area (Å²) in [6.07, 6.45) is 6.94. The van der Waals surface area contributed by atoms with Gasteiger partial charge in [0.05, 0.1) is 5.41 Å². The van der Waals surface area contributed by atoms with E-state index in [1.807, 2.05) is 93.6 Å². The normalized spacial score (nSPS) is 16.9. The van der Waals surface area contributed by atoms with Crippen molar-refractivity contribution in [3.05, 3.63) is 228 Å². The van der Waals surface area contributed by atoms with Crippen LogP contribution in [0.1, 0.15) is 146 Å². The number of phenols is 1. The Bertz CT molecular complexity index is 3900. The van der Waals surface area contributed by atoms with E-state index < -0.39 is 25.9 Å². The molecular formula is C81H90N2O10Si. The molecule has 12 rings (SSSR count). The molecule has 0 saturated carbocycles. The minimum atomic E-state index is -2.80. The first-order chi connectivity index (χ1) is 45.3. The summed E-state index contributed by atoms with van der Waals surface area (Å²) in [6, 6.07) is 64.6. The van der Waals surface area contributed by atoms with Crippen LogP contribution < -0.4 is 43.2 Å². The van der Waals surface area contributed by atoms with Crippen LogP contribution in [0.15, 0.2) is 194 Å². The van der Waals surface area contributed by atoms with Gasteiger partial charge in [-0.25, -0.2) is 0 Å². The van der Waals surface area contributed by atoms with E-state index in [1.54, 1.807) is 24.3 Å². The minimum absolute atomic E-state index is 0.159. The molecule has 2 fully saturated rings. The van der Waals surface area contributed by atoms with Gasteiger partial charge in [-0.1, -0.05) is 143 Å². The SMILES string of the molecule is CC(=O)Oc1ccc2c(c1)OC(c1ccc(OCCN3CCCCC3)cc1)C(c1ccc(O[Si](c3ccccc3)(c3ccccc3)C(C)(C)C)cc1)=C2C.CC1=C(c2ccc(O)cc2)C(c2ccc(OCCN3CCCCC3)cc2)Oc2cc(OC(=O)C(C)(C)C)ccc21. The standard InChI is InChI=1S/C47H51NO5Si.C34H39NO5/c1-34-43-28-27-40(51-35(2)49)33-44(43)52-46(37-21-23-38(24-22-37)50-32-31-48-29-13-8-14-30-48)45(34)36-19-25-39(26-20-36)53-54(47(3,4)5,41-15-9-6-10-16-41)42-17-11-7-12-18-42;1-23-29-17-16-28(39-33(37)34(2,3)4)22-30(29)40-32(31(23)24-8-12-26(36)13-9-24)25-10-14-27(15-11-25)38-21-20-35-18-6-5-7-19-35/h6-7,9-12,15-28,33,46H,8,13-14,29-32H2,1-5H3;8-17,22,32,36H,5-7,18-21H2,1-4H3. The number of carbonyl (C=O) groups is 2. The van der Waals surface area contributed by atoms with Gasteiger partial charge in [0.1, 0.15) is 71.4 Å². The third-order valence-corrected chi connectivity index (χ3v) is 23.2. The Balaban J connectivity index is 0.000000201.